The van der Waals surface area contributed by atoms with Gasteiger partial charge in [-0.2, -0.15) is 0 Å². The Hall–Kier alpha value is -1.61. The predicted octanol–water partition coefficient (Wildman–Crippen LogP) is 2.78. The topological polar surface area (TPSA) is 38.0 Å². The van der Waals surface area contributed by atoms with Crippen molar-refractivity contribution in [3.05, 3.63) is 53.1 Å². The first-order valence-corrected chi connectivity index (χ1v) is 6.28. The highest BCUT2D eigenvalue weighted by Crippen LogP contribution is 2.29. The number of imidazole rings is 1. The summed E-state index contributed by atoms with van der Waals surface area (Å²) in [7, 11) is 0. The quantitative estimate of drug-likeness (QED) is 0.901. The molecule has 2 aromatic rings. The van der Waals surface area contributed by atoms with Crippen LogP contribution in [0.1, 0.15) is 36.4 Å². The first-order valence-electron chi connectivity index (χ1n) is 6.28. The van der Waals surface area contributed by atoms with E-state index in [1.165, 1.54) is 0 Å². The van der Waals surface area contributed by atoms with E-state index in [-0.39, 0.29) is 0 Å². The normalized spacial score (nSPS) is 14.5. The summed E-state index contributed by atoms with van der Waals surface area (Å²) in [5.41, 5.74) is 2.14. The Morgan fingerprint density at radius 1 is 1.22 bits per heavy atom. The lowest BCUT2D eigenvalue weighted by atomic mass is 9.92. The van der Waals surface area contributed by atoms with E-state index in [0.717, 1.165) is 23.2 Å². The van der Waals surface area contributed by atoms with Crippen molar-refractivity contribution in [3.8, 4) is 0 Å². The summed E-state index contributed by atoms with van der Waals surface area (Å²) in [6.45, 7) is 8.73. The Labute approximate surface area is 108 Å². The number of aromatic nitrogens is 2. The average molecular weight is 244 g/mol. The van der Waals surface area contributed by atoms with Gasteiger partial charge < -0.3 is 9.67 Å². The van der Waals surface area contributed by atoms with E-state index < -0.39 is 5.60 Å². The van der Waals surface area contributed by atoms with Crippen molar-refractivity contribution in [3.63, 3.8) is 0 Å². The van der Waals surface area contributed by atoms with Crippen LogP contribution in [0, 0.1) is 13.8 Å². The van der Waals surface area contributed by atoms with Gasteiger partial charge in [-0.1, -0.05) is 29.3 Å². The number of aliphatic hydroxyl groups is 1. The van der Waals surface area contributed by atoms with Crippen molar-refractivity contribution >= 4 is 0 Å². The van der Waals surface area contributed by atoms with Gasteiger partial charge in [0.25, 0.3) is 0 Å². The highest BCUT2D eigenvalue weighted by atomic mass is 16.3. The first-order chi connectivity index (χ1) is 8.45. The van der Waals surface area contributed by atoms with Crippen LogP contribution in [-0.4, -0.2) is 14.7 Å². The van der Waals surface area contributed by atoms with Crippen LogP contribution in [-0.2, 0) is 12.1 Å². The second-order valence-electron chi connectivity index (χ2n) is 4.99. The largest absolute Gasteiger partial charge is 0.377 e. The molecular weight excluding hydrogens is 224 g/mol. The molecule has 0 saturated carbocycles. The van der Waals surface area contributed by atoms with Gasteiger partial charge in [0.15, 0.2) is 0 Å². The Morgan fingerprint density at radius 3 is 2.39 bits per heavy atom. The van der Waals surface area contributed by atoms with Crippen molar-refractivity contribution < 1.29 is 5.11 Å². The second kappa shape index (κ2) is 4.58. The molecule has 1 N–H and O–H groups in total. The van der Waals surface area contributed by atoms with Gasteiger partial charge in [0.05, 0.1) is 0 Å². The predicted molar refractivity (Wildman–Crippen MR) is 72.5 cm³/mol. The third kappa shape index (κ3) is 2.18. The highest BCUT2D eigenvalue weighted by molar-refractivity contribution is 5.35. The molecule has 0 saturated heterocycles. The summed E-state index contributed by atoms with van der Waals surface area (Å²) in [6, 6.07) is 6.13. The van der Waals surface area contributed by atoms with E-state index >= 15 is 0 Å². The molecule has 0 spiro atoms. The van der Waals surface area contributed by atoms with Crippen LogP contribution in [0.3, 0.4) is 0 Å². The molecule has 0 radical (unpaired) electrons. The fraction of sp³-hybridized carbons (Fsp3) is 0.400. The number of benzene rings is 1. The zero-order valence-corrected chi connectivity index (χ0v) is 11.4. The maximum atomic E-state index is 10.8. The SMILES string of the molecule is CCn1ccnc1C(C)(O)c1cc(C)cc(C)c1. The summed E-state index contributed by atoms with van der Waals surface area (Å²) in [5, 5.41) is 10.8. The fourth-order valence-electron chi connectivity index (χ4n) is 2.37. The maximum Gasteiger partial charge on any atom is 0.145 e. The molecule has 0 bridgehead atoms. The fourth-order valence-corrected chi connectivity index (χ4v) is 2.37. The molecule has 1 unspecified atom stereocenters. The zero-order chi connectivity index (χ0) is 13.3. The van der Waals surface area contributed by atoms with Crippen LogP contribution in [0.15, 0.2) is 30.6 Å². The molecule has 0 aliphatic carbocycles. The van der Waals surface area contributed by atoms with E-state index in [0.29, 0.717) is 5.82 Å². The molecule has 1 aromatic heterocycles. The van der Waals surface area contributed by atoms with Crippen LogP contribution in [0.25, 0.3) is 0 Å². The number of rotatable bonds is 3. The van der Waals surface area contributed by atoms with Crippen molar-refractivity contribution in [2.75, 3.05) is 0 Å². The molecular formula is C15H20N2O. The third-order valence-corrected chi connectivity index (χ3v) is 3.28. The smallest absolute Gasteiger partial charge is 0.145 e. The minimum atomic E-state index is -1.06. The van der Waals surface area contributed by atoms with Crippen LogP contribution in [0.2, 0.25) is 0 Å². The van der Waals surface area contributed by atoms with E-state index in [1.54, 1.807) is 13.1 Å². The van der Waals surface area contributed by atoms with E-state index in [9.17, 15) is 5.11 Å². The van der Waals surface area contributed by atoms with Gasteiger partial charge in [0.1, 0.15) is 11.4 Å². The third-order valence-electron chi connectivity index (χ3n) is 3.28. The Balaban J connectivity index is 2.53. The van der Waals surface area contributed by atoms with Crippen LogP contribution >= 0.6 is 0 Å². The molecule has 0 aliphatic heterocycles. The van der Waals surface area contributed by atoms with Crippen molar-refractivity contribution in [2.24, 2.45) is 0 Å². The van der Waals surface area contributed by atoms with Crippen molar-refractivity contribution in [2.45, 2.75) is 39.8 Å². The zero-order valence-electron chi connectivity index (χ0n) is 11.4. The monoisotopic (exact) mass is 244 g/mol. The van der Waals surface area contributed by atoms with Gasteiger partial charge in [0, 0.05) is 18.9 Å². The molecule has 96 valence electrons. The molecule has 3 heteroatoms. The lowest BCUT2D eigenvalue weighted by Crippen LogP contribution is -2.27. The minimum absolute atomic E-state index is 0.690. The number of aryl methyl sites for hydroxylation is 3. The molecule has 18 heavy (non-hydrogen) atoms. The van der Waals surface area contributed by atoms with Gasteiger partial charge in [0.2, 0.25) is 0 Å². The summed E-state index contributed by atoms with van der Waals surface area (Å²) < 4.78 is 1.97. The summed E-state index contributed by atoms with van der Waals surface area (Å²) >= 11 is 0. The summed E-state index contributed by atoms with van der Waals surface area (Å²) in [4.78, 5) is 4.31. The standard InChI is InChI=1S/C15H20N2O/c1-5-17-7-6-16-14(17)15(4,18)13-9-11(2)8-12(3)10-13/h6-10,18H,5H2,1-4H3. The van der Waals surface area contributed by atoms with Crippen LogP contribution in [0.5, 0.6) is 0 Å². The van der Waals surface area contributed by atoms with E-state index in [4.69, 9.17) is 0 Å². The molecule has 1 atom stereocenters. The van der Waals surface area contributed by atoms with Crippen molar-refractivity contribution in [1.29, 1.82) is 0 Å². The molecule has 1 heterocycles. The highest BCUT2D eigenvalue weighted by Gasteiger charge is 2.30. The van der Waals surface area contributed by atoms with Gasteiger partial charge in [-0.25, -0.2) is 4.98 Å². The number of hydrogen-bond acceptors (Lipinski definition) is 2. The van der Waals surface area contributed by atoms with Crippen LogP contribution < -0.4 is 0 Å². The Morgan fingerprint density at radius 2 is 1.83 bits per heavy atom. The van der Waals surface area contributed by atoms with Gasteiger partial charge in [-0.15, -0.1) is 0 Å². The van der Waals surface area contributed by atoms with E-state index in [1.807, 2.05) is 43.7 Å². The van der Waals surface area contributed by atoms with Gasteiger partial charge in [-0.05, 0) is 33.3 Å². The summed E-state index contributed by atoms with van der Waals surface area (Å²) in [6.07, 6.45) is 3.63. The Kier molecular flexibility index (Phi) is 3.26. The van der Waals surface area contributed by atoms with Crippen molar-refractivity contribution in [1.82, 2.24) is 9.55 Å². The van der Waals surface area contributed by atoms with Crippen LogP contribution in [0.4, 0.5) is 0 Å². The molecule has 0 aliphatic rings. The molecule has 0 fully saturated rings. The molecule has 3 nitrogen and oxygen atoms in total. The maximum absolute atomic E-state index is 10.8. The lowest BCUT2D eigenvalue weighted by Gasteiger charge is -2.25. The first kappa shape index (κ1) is 12.8. The molecule has 1 aromatic carbocycles. The van der Waals surface area contributed by atoms with E-state index in [2.05, 4.69) is 11.1 Å². The molecule has 2 rings (SSSR count). The number of nitrogens with zero attached hydrogens (tertiary/aromatic N) is 2. The Bertz CT molecular complexity index is 535. The number of hydrogen-bond donors (Lipinski definition) is 1. The van der Waals surface area contributed by atoms with Gasteiger partial charge in [-0.3, -0.25) is 0 Å². The second-order valence-corrected chi connectivity index (χ2v) is 4.99. The average Bonchev–Trinajstić information content (AvgIpc) is 2.76. The lowest BCUT2D eigenvalue weighted by molar-refractivity contribution is 0.0881. The molecule has 0 amide bonds. The van der Waals surface area contributed by atoms with Gasteiger partial charge >= 0.3 is 0 Å². The minimum Gasteiger partial charge on any atom is -0.377 e. The summed E-state index contributed by atoms with van der Waals surface area (Å²) in [5.74, 6) is 0.690.